The number of nitrogens with zero attached hydrogens (tertiary/aromatic N) is 1. The fourth-order valence-electron chi connectivity index (χ4n) is 0.761. The van der Waals surface area contributed by atoms with Crippen molar-refractivity contribution in [3.05, 3.63) is 0 Å². The zero-order valence-corrected chi connectivity index (χ0v) is 11.2. The minimum Gasteiger partial charge on any atom is -0.351 e. The molecule has 0 aromatic rings. The summed E-state index contributed by atoms with van der Waals surface area (Å²) in [7, 11) is 1.45. The molecule has 0 unspecified atom stereocenters. The van der Waals surface area contributed by atoms with E-state index in [0.29, 0.717) is 13.1 Å². The smallest absolute Gasteiger partial charge is 0.311 e. The molecule has 0 fully saturated rings. The van der Waals surface area contributed by atoms with Crippen LogP contribution in [0.4, 0.5) is 0 Å². The Balaban J connectivity index is -0.000000318. The molecule has 0 spiro atoms. The molecule has 0 aliphatic heterocycles. The first-order valence-electron chi connectivity index (χ1n) is 5.68. The summed E-state index contributed by atoms with van der Waals surface area (Å²) < 4.78 is 0. The van der Waals surface area contributed by atoms with Crippen molar-refractivity contribution in [3.63, 3.8) is 0 Å². The number of amides is 2. The van der Waals surface area contributed by atoms with Gasteiger partial charge in [-0.2, -0.15) is 0 Å². The molecule has 92 valence electrons. The molecule has 0 aliphatic carbocycles. The van der Waals surface area contributed by atoms with Gasteiger partial charge in [0, 0.05) is 20.1 Å². The summed E-state index contributed by atoms with van der Waals surface area (Å²) >= 11 is 0. The van der Waals surface area contributed by atoms with Crippen LogP contribution in [-0.2, 0) is 9.59 Å². The Hall–Kier alpha value is -1.06. The zero-order chi connectivity index (χ0) is 12.9. The second kappa shape index (κ2) is 15.4. The number of rotatable bonds is 2. The van der Waals surface area contributed by atoms with Crippen LogP contribution in [0, 0.1) is 0 Å². The van der Waals surface area contributed by atoms with Gasteiger partial charge in [-0.3, -0.25) is 9.59 Å². The third kappa shape index (κ3) is 9.25. The van der Waals surface area contributed by atoms with E-state index in [1.54, 1.807) is 0 Å². The first kappa shape index (κ1) is 19.5. The van der Waals surface area contributed by atoms with Crippen LogP contribution in [0.25, 0.3) is 0 Å². The molecule has 0 saturated heterocycles. The van der Waals surface area contributed by atoms with Gasteiger partial charge in [-0.25, -0.2) is 0 Å². The van der Waals surface area contributed by atoms with Gasteiger partial charge in [-0.15, -0.1) is 0 Å². The van der Waals surface area contributed by atoms with Gasteiger partial charge in [-0.05, 0) is 13.8 Å². The van der Waals surface area contributed by atoms with Gasteiger partial charge in [0.1, 0.15) is 0 Å². The van der Waals surface area contributed by atoms with E-state index in [9.17, 15) is 9.59 Å². The molecule has 0 saturated carbocycles. The Bertz CT molecular complexity index is 155. The summed E-state index contributed by atoms with van der Waals surface area (Å²) in [5.74, 6) is -1.01. The molecule has 15 heavy (non-hydrogen) atoms. The Morgan fingerprint density at radius 3 is 1.53 bits per heavy atom. The quantitative estimate of drug-likeness (QED) is 0.716. The second-order valence-corrected chi connectivity index (χ2v) is 2.06. The Morgan fingerprint density at radius 2 is 1.33 bits per heavy atom. The molecular weight excluding hydrogens is 192 g/mol. The molecule has 0 heterocycles. The normalized spacial score (nSPS) is 7.40. The molecular formula is C11H26N2O2. The van der Waals surface area contributed by atoms with Crippen molar-refractivity contribution in [2.45, 2.75) is 41.5 Å². The van der Waals surface area contributed by atoms with E-state index in [1.165, 1.54) is 11.9 Å². The van der Waals surface area contributed by atoms with Gasteiger partial charge >= 0.3 is 11.8 Å². The monoisotopic (exact) mass is 218 g/mol. The lowest BCUT2D eigenvalue weighted by Gasteiger charge is -2.16. The van der Waals surface area contributed by atoms with E-state index in [4.69, 9.17) is 0 Å². The van der Waals surface area contributed by atoms with Gasteiger partial charge in [0.2, 0.25) is 0 Å². The van der Waals surface area contributed by atoms with Crippen molar-refractivity contribution in [2.75, 3.05) is 20.1 Å². The molecule has 0 aliphatic rings. The third-order valence-electron chi connectivity index (χ3n) is 1.47. The van der Waals surface area contributed by atoms with E-state index in [1.807, 2.05) is 41.5 Å². The maximum absolute atomic E-state index is 11.1. The van der Waals surface area contributed by atoms with E-state index in [-0.39, 0.29) is 0 Å². The molecule has 0 bridgehead atoms. The highest BCUT2D eigenvalue weighted by Crippen LogP contribution is 1.87. The second-order valence-electron chi connectivity index (χ2n) is 2.06. The minimum atomic E-state index is -0.548. The number of carbonyl (C=O) groups excluding carboxylic acids is 2. The highest BCUT2D eigenvalue weighted by atomic mass is 16.2. The summed E-state index contributed by atoms with van der Waals surface area (Å²) in [5.41, 5.74) is 0. The molecule has 4 nitrogen and oxygen atoms in total. The molecule has 4 heteroatoms. The van der Waals surface area contributed by atoms with Crippen molar-refractivity contribution in [2.24, 2.45) is 0 Å². The highest BCUT2D eigenvalue weighted by molar-refractivity contribution is 6.34. The molecule has 2 amide bonds. The lowest BCUT2D eigenvalue weighted by Crippen LogP contribution is -2.41. The first-order chi connectivity index (χ1) is 7.17. The van der Waals surface area contributed by atoms with Crippen molar-refractivity contribution in [1.82, 2.24) is 10.2 Å². The molecule has 0 aromatic carbocycles. The summed E-state index contributed by atoms with van der Waals surface area (Å²) in [5, 5.41) is 2.28. The molecule has 0 rings (SSSR count). The van der Waals surface area contributed by atoms with Crippen LogP contribution in [0.3, 0.4) is 0 Å². The number of hydrogen-bond acceptors (Lipinski definition) is 2. The van der Waals surface area contributed by atoms with Crippen LogP contribution in [0.2, 0.25) is 0 Å². The predicted octanol–water partition coefficient (Wildman–Crippen LogP) is 1.65. The topological polar surface area (TPSA) is 49.4 Å². The van der Waals surface area contributed by atoms with E-state index >= 15 is 0 Å². The van der Waals surface area contributed by atoms with E-state index in [2.05, 4.69) is 5.32 Å². The summed E-state index contributed by atoms with van der Waals surface area (Å²) in [6.07, 6.45) is 0. The molecule has 0 aromatic heterocycles. The van der Waals surface area contributed by atoms with Gasteiger partial charge in [-0.1, -0.05) is 27.7 Å². The largest absolute Gasteiger partial charge is 0.351 e. The SMILES string of the molecule is CC.CC.CCN(CC)C(=O)C(=O)NC. The Kier molecular flexibility index (Phi) is 20.0. The van der Waals surface area contributed by atoms with Crippen LogP contribution < -0.4 is 5.32 Å². The summed E-state index contributed by atoms with van der Waals surface area (Å²) in [6, 6.07) is 0. The van der Waals surface area contributed by atoms with E-state index < -0.39 is 11.8 Å². The predicted molar refractivity (Wildman–Crippen MR) is 64.7 cm³/mol. The highest BCUT2D eigenvalue weighted by Gasteiger charge is 2.16. The minimum absolute atomic E-state index is 0.461. The Labute approximate surface area is 94.0 Å². The van der Waals surface area contributed by atoms with Crippen molar-refractivity contribution in [1.29, 1.82) is 0 Å². The lowest BCUT2D eigenvalue weighted by atomic mass is 10.4. The summed E-state index contributed by atoms with van der Waals surface area (Å²) in [6.45, 7) is 12.8. The molecule has 0 radical (unpaired) electrons. The van der Waals surface area contributed by atoms with E-state index in [0.717, 1.165) is 0 Å². The standard InChI is InChI=1S/C7H14N2O2.2C2H6/c1-4-9(5-2)7(11)6(10)8-3;2*1-2/h4-5H2,1-3H3,(H,8,10);2*1-2H3. The number of likely N-dealkylation sites (N-methyl/N-ethyl adjacent to an activating group) is 2. The molecule has 1 N–H and O–H groups in total. The first-order valence-corrected chi connectivity index (χ1v) is 5.68. The van der Waals surface area contributed by atoms with Gasteiger partial charge in [0.15, 0.2) is 0 Å². The van der Waals surface area contributed by atoms with Crippen molar-refractivity contribution in [3.8, 4) is 0 Å². The summed E-state index contributed by atoms with van der Waals surface area (Å²) in [4.78, 5) is 23.3. The maximum Gasteiger partial charge on any atom is 0.311 e. The van der Waals surface area contributed by atoms with Crippen LogP contribution >= 0.6 is 0 Å². The number of carbonyl (C=O) groups is 2. The zero-order valence-electron chi connectivity index (χ0n) is 11.2. The molecule has 0 atom stereocenters. The van der Waals surface area contributed by atoms with Crippen LogP contribution in [-0.4, -0.2) is 36.9 Å². The van der Waals surface area contributed by atoms with Gasteiger partial charge in [0.05, 0.1) is 0 Å². The number of hydrogen-bond donors (Lipinski definition) is 1. The van der Waals surface area contributed by atoms with Gasteiger partial charge < -0.3 is 10.2 Å². The van der Waals surface area contributed by atoms with Crippen LogP contribution in [0.15, 0.2) is 0 Å². The van der Waals surface area contributed by atoms with Crippen molar-refractivity contribution >= 4 is 11.8 Å². The Morgan fingerprint density at radius 1 is 1.00 bits per heavy atom. The van der Waals surface area contributed by atoms with Gasteiger partial charge in [0.25, 0.3) is 0 Å². The third-order valence-corrected chi connectivity index (χ3v) is 1.47. The van der Waals surface area contributed by atoms with Crippen LogP contribution in [0.5, 0.6) is 0 Å². The lowest BCUT2D eigenvalue weighted by molar-refractivity contribution is -0.145. The average Bonchev–Trinajstić information content (AvgIpc) is 2.34. The van der Waals surface area contributed by atoms with Crippen LogP contribution in [0.1, 0.15) is 41.5 Å². The number of nitrogens with one attached hydrogen (secondary N) is 1. The fourth-order valence-corrected chi connectivity index (χ4v) is 0.761. The fraction of sp³-hybridized carbons (Fsp3) is 0.818. The van der Waals surface area contributed by atoms with Crippen molar-refractivity contribution < 1.29 is 9.59 Å². The maximum atomic E-state index is 11.1. The average molecular weight is 218 g/mol.